The van der Waals surface area contributed by atoms with Gasteiger partial charge in [-0.2, -0.15) is 0 Å². The summed E-state index contributed by atoms with van der Waals surface area (Å²) in [6.45, 7) is 3.21. The minimum absolute atomic E-state index is 0.193. The molecule has 0 amide bonds. The van der Waals surface area contributed by atoms with E-state index in [-0.39, 0.29) is 11.5 Å². The molecular formula is C28H34FN3O3. The van der Waals surface area contributed by atoms with Gasteiger partial charge in [0.1, 0.15) is 11.9 Å². The molecule has 1 aliphatic carbocycles. The van der Waals surface area contributed by atoms with Gasteiger partial charge < -0.3 is 24.2 Å². The van der Waals surface area contributed by atoms with E-state index in [2.05, 4.69) is 40.6 Å². The number of likely N-dealkylation sites (N-methyl/N-ethyl adjacent to an activating group) is 1. The lowest BCUT2D eigenvalue weighted by molar-refractivity contribution is 0.0697. The van der Waals surface area contributed by atoms with Crippen molar-refractivity contribution in [1.82, 2.24) is 9.47 Å². The average molecular weight is 480 g/mol. The number of carbonyl (C=O) groups is 1. The number of benzene rings is 2. The predicted octanol–water partition coefficient (Wildman–Crippen LogP) is 5.39. The highest BCUT2D eigenvalue weighted by molar-refractivity contribution is 5.99. The van der Waals surface area contributed by atoms with E-state index in [4.69, 9.17) is 4.74 Å². The first-order chi connectivity index (χ1) is 16.9. The maximum absolute atomic E-state index is 15.5. The molecule has 2 atom stereocenters. The van der Waals surface area contributed by atoms with Gasteiger partial charge in [0.05, 0.1) is 18.4 Å². The molecule has 5 rings (SSSR count). The number of alkyl halides is 1. The monoisotopic (exact) mass is 479 g/mol. The second-order valence-corrected chi connectivity index (χ2v) is 10.0. The fourth-order valence-electron chi connectivity index (χ4n) is 5.81. The zero-order valence-corrected chi connectivity index (χ0v) is 20.8. The normalized spacial score (nSPS) is 20.0. The molecule has 1 N–H and O–H groups in total. The van der Waals surface area contributed by atoms with Crippen LogP contribution >= 0.6 is 0 Å². The van der Waals surface area contributed by atoms with E-state index >= 15 is 4.39 Å². The number of aromatic nitrogens is 1. The van der Waals surface area contributed by atoms with Crippen LogP contribution in [-0.4, -0.2) is 67.6 Å². The molecule has 1 aliphatic heterocycles. The second kappa shape index (κ2) is 9.53. The van der Waals surface area contributed by atoms with E-state index in [0.717, 1.165) is 78.1 Å². The molecule has 1 aromatic heterocycles. The van der Waals surface area contributed by atoms with Crippen LogP contribution in [0.3, 0.4) is 0 Å². The average Bonchev–Trinajstić information content (AvgIpc) is 3.07. The molecule has 2 aliphatic rings. The van der Waals surface area contributed by atoms with Crippen LogP contribution < -0.4 is 9.64 Å². The summed E-state index contributed by atoms with van der Waals surface area (Å²) in [4.78, 5) is 16.4. The zero-order valence-electron chi connectivity index (χ0n) is 20.8. The van der Waals surface area contributed by atoms with Crippen LogP contribution in [0.15, 0.2) is 36.4 Å². The largest absolute Gasteiger partial charge is 0.497 e. The fourth-order valence-corrected chi connectivity index (χ4v) is 5.81. The molecule has 2 aromatic carbocycles. The third-order valence-electron chi connectivity index (χ3n) is 7.61. The summed E-state index contributed by atoms with van der Waals surface area (Å²) in [5.74, 6) is -0.350. The van der Waals surface area contributed by atoms with Crippen molar-refractivity contribution >= 4 is 22.6 Å². The van der Waals surface area contributed by atoms with Gasteiger partial charge in [0.2, 0.25) is 0 Å². The van der Waals surface area contributed by atoms with Gasteiger partial charge in [0, 0.05) is 60.3 Å². The topological polar surface area (TPSA) is 57.9 Å². The maximum Gasteiger partial charge on any atom is 0.335 e. The highest BCUT2D eigenvalue weighted by Gasteiger charge is 2.35. The summed E-state index contributed by atoms with van der Waals surface area (Å²) >= 11 is 0. The first-order valence-electron chi connectivity index (χ1n) is 12.5. The Labute approximate surface area is 205 Å². The Hall–Kier alpha value is -3.06. The number of ether oxygens (including phenoxy) is 1. The number of fused-ring (bicyclic) bond motifs is 5. The smallest absolute Gasteiger partial charge is 0.335 e. The summed E-state index contributed by atoms with van der Waals surface area (Å²) in [5.41, 5.74) is 5.34. The van der Waals surface area contributed by atoms with Crippen molar-refractivity contribution in [1.29, 1.82) is 0 Å². The summed E-state index contributed by atoms with van der Waals surface area (Å²) in [6, 6.07) is 11.4. The standard InChI is InChI=1S/C28H34FN3O3/c1-30(2)12-13-31-14-15-32-25-16-18(28(33)34)8-10-21(25)26(20-6-4-5-7-23(20)29)27(32)22-11-9-19(35-3)17-24(22)31/h8-11,16-17,20,23H,4-7,12-15H2,1-3H3,(H,33,34). The highest BCUT2D eigenvalue weighted by Crippen LogP contribution is 2.48. The molecule has 1 fully saturated rings. The fraction of sp³-hybridized carbons (Fsp3) is 0.464. The number of carboxylic acids is 1. The summed E-state index contributed by atoms with van der Waals surface area (Å²) in [7, 11) is 5.81. The Balaban J connectivity index is 1.78. The molecule has 3 aromatic rings. The van der Waals surface area contributed by atoms with Gasteiger partial charge in [0.25, 0.3) is 0 Å². The van der Waals surface area contributed by atoms with Gasteiger partial charge in [-0.1, -0.05) is 18.9 Å². The van der Waals surface area contributed by atoms with Gasteiger partial charge in [-0.05, 0) is 56.8 Å². The summed E-state index contributed by atoms with van der Waals surface area (Å²) in [6.07, 6.45) is 2.42. The number of rotatable bonds is 6. The SMILES string of the molecule is COc1ccc2c(c1)N(CCN(C)C)CCn1c-2c(C2CCCCC2F)c2ccc(C(=O)O)cc21. The minimum atomic E-state index is -0.948. The molecule has 0 bridgehead atoms. The first-order valence-corrected chi connectivity index (χ1v) is 12.5. The van der Waals surface area contributed by atoms with Crippen LogP contribution in [-0.2, 0) is 6.54 Å². The third-order valence-corrected chi connectivity index (χ3v) is 7.61. The van der Waals surface area contributed by atoms with Gasteiger partial charge in [-0.15, -0.1) is 0 Å². The number of hydrogen-bond acceptors (Lipinski definition) is 4. The summed E-state index contributed by atoms with van der Waals surface area (Å²) in [5, 5.41) is 10.7. The van der Waals surface area contributed by atoms with E-state index in [1.54, 1.807) is 19.2 Å². The van der Waals surface area contributed by atoms with Crippen molar-refractivity contribution in [2.75, 3.05) is 45.7 Å². The number of hydrogen-bond donors (Lipinski definition) is 1. The molecule has 186 valence electrons. The van der Waals surface area contributed by atoms with Gasteiger partial charge in [0.15, 0.2) is 0 Å². The number of halogens is 1. The van der Waals surface area contributed by atoms with Crippen LogP contribution in [0, 0.1) is 0 Å². The maximum atomic E-state index is 15.5. The van der Waals surface area contributed by atoms with Crippen molar-refractivity contribution in [3.63, 3.8) is 0 Å². The second-order valence-electron chi connectivity index (χ2n) is 10.0. The van der Waals surface area contributed by atoms with Crippen LogP contribution in [0.1, 0.15) is 47.5 Å². The van der Waals surface area contributed by atoms with Crippen molar-refractivity contribution < 1.29 is 19.0 Å². The van der Waals surface area contributed by atoms with Crippen molar-refractivity contribution in [3.8, 4) is 17.0 Å². The van der Waals surface area contributed by atoms with Gasteiger partial charge in [-0.25, -0.2) is 9.18 Å². The van der Waals surface area contributed by atoms with Crippen molar-refractivity contribution in [2.45, 2.75) is 44.3 Å². The Morgan fingerprint density at radius 2 is 1.94 bits per heavy atom. The van der Waals surface area contributed by atoms with Crippen molar-refractivity contribution in [2.24, 2.45) is 0 Å². The lowest BCUT2D eigenvalue weighted by Gasteiger charge is -2.29. The zero-order chi connectivity index (χ0) is 24.7. The Bertz CT molecular complexity index is 1250. The molecule has 7 heteroatoms. The molecule has 2 heterocycles. The van der Waals surface area contributed by atoms with E-state index in [1.165, 1.54) is 0 Å². The number of carboxylic acid groups (broad SMARTS) is 1. The number of anilines is 1. The Kier molecular flexibility index (Phi) is 6.45. The molecule has 2 unspecified atom stereocenters. The molecule has 0 saturated heterocycles. The molecule has 1 saturated carbocycles. The van der Waals surface area contributed by atoms with Gasteiger partial charge >= 0.3 is 5.97 Å². The van der Waals surface area contributed by atoms with Crippen LogP contribution in [0.5, 0.6) is 5.75 Å². The Morgan fingerprint density at radius 1 is 1.14 bits per heavy atom. The Morgan fingerprint density at radius 3 is 2.66 bits per heavy atom. The molecule has 0 spiro atoms. The number of aromatic carboxylic acids is 1. The predicted molar refractivity (Wildman–Crippen MR) is 138 cm³/mol. The van der Waals surface area contributed by atoms with Crippen LogP contribution in [0.2, 0.25) is 0 Å². The lowest BCUT2D eigenvalue weighted by atomic mass is 9.80. The van der Waals surface area contributed by atoms with Crippen LogP contribution in [0.4, 0.5) is 10.1 Å². The van der Waals surface area contributed by atoms with Crippen molar-refractivity contribution in [3.05, 3.63) is 47.5 Å². The molecular weight excluding hydrogens is 445 g/mol. The number of methoxy groups -OCH3 is 1. The van der Waals surface area contributed by atoms with E-state index < -0.39 is 12.1 Å². The lowest BCUT2D eigenvalue weighted by Crippen LogP contribution is -2.33. The molecule has 0 radical (unpaired) electrons. The molecule has 35 heavy (non-hydrogen) atoms. The van der Waals surface area contributed by atoms with E-state index in [0.29, 0.717) is 13.0 Å². The minimum Gasteiger partial charge on any atom is -0.497 e. The third kappa shape index (κ3) is 4.27. The number of nitrogens with zero attached hydrogens (tertiary/aromatic N) is 3. The quantitative estimate of drug-likeness (QED) is 0.514. The molecule has 6 nitrogen and oxygen atoms in total. The van der Waals surface area contributed by atoms with E-state index in [9.17, 15) is 9.90 Å². The van der Waals surface area contributed by atoms with Crippen LogP contribution in [0.25, 0.3) is 22.2 Å². The highest BCUT2D eigenvalue weighted by atomic mass is 19.1. The van der Waals surface area contributed by atoms with E-state index in [1.807, 2.05) is 12.1 Å². The van der Waals surface area contributed by atoms with Gasteiger partial charge in [-0.3, -0.25) is 0 Å². The first kappa shape index (κ1) is 23.7. The summed E-state index contributed by atoms with van der Waals surface area (Å²) < 4.78 is 23.3.